The molecule has 0 saturated carbocycles. The van der Waals surface area contributed by atoms with Gasteiger partial charge in [0.25, 0.3) is 0 Å². The SMILES string of the molecule is COC(=O)C(CN)c1ccc(Cl)cc1C. The van der Waals surface area contributed by atoms with Crippen LogP contribution in [0.2, 0.25) is 5.02 Å². The molecule has 0 aliphatic heterocycles. The maximum Gasteiger partial charge on any atom is 0.314 e. The highest BCUT2D eigenvalue weighted by Gasteiger charge is 2.21. The normalized spacial score (nSPS) is 12.3. The van der Waals surface area contributed by atoms with Crippen molar-refractivity contribution in [3.63, 3.8) is 0 Å². The molecular weight excluding hydrogens is 214 g/mol. The number of hydrogen-bond acceptors (Lipinski definition) is 3. The molecule has 0 aromatic heterocycles. The van der Waals surface area contributed by atoms with Crippen molar-refractivity contribution in [3.8, 4) is 0 Å². The summed E-state index contributed by atoms with van der Waals surface area (Å²) in [6, 6.07) is 5.37. The molecule has 0 amide bonds. The van der Waals surface area contributed by atoms with E-state index in [0.29, 0.717) is 5.02 Å². The van der Waals surface area contributed by atoms with Gasteiger partial charge in [0.2, 0.25) is 0 Å². The molecule has 82 valence electrons. The average molecular weight is 228 g/mol. The second kappa shape index (κ2) is 5.14. The predicted molar refractivity (Wildman–Crippen MR) is 60.0 cm³/mol. The first-order valence-electron chi connectivity index (χ1n) is 4.64. The lowest BCUT2D eigenvalue weighted by Gasteiger charge is -2.15. The molecule has 1 rings (SSSR count). The van der Waals surface area contributed by atoms with E-state index in [1.165, 1.54) is 7.11 Å². The van der Waals surface area contributed by atoms with Gasteiger partial charge in [0.1, 0.15) is 0 Å². The van der Waals surface area contributed by atoms with E-state index in [2.05, 4.69) is 0 Å². The highest BCUT2D eigenvalue weighted by atomic mass is 35.5. The zero-order valence-corrected chi connectivity index (χ0v) is 9.54. The first kappa shape index (κ1) is 12.0. The maximum absolute atomic E-state index is 11.4. The van der Waals surface area contributed by atoms with Gasteiger partial charge >= 0.3 is 5.97 Å². The van der Waals surface area contributed by atoms with Gasteiger partial charge in [-0.1, -0.05) is 17.7 Å². The van der Waals surface area contributed by atoms with Gasteiger partial charge in [0.15, 0.2) is 0 Å². The molecule has 0 aliphatic rings. The number of nitrogens with two attached hydrogens (primary N) is 1. The Kier molecular flexibility index (Phi) is 4.12. The van der Waals surface area contributed by atoms with Gasteiger partial charge in [-0.15, -0.1) is 0 Å². The molecule has 3 nitrogen and oxygen atoms in total. The van der Waals surface area contributed by atoms with Crippen molar-refractivity contribution in [1.82, 2.24) is 0 Å². The van der Waals surface area contributed by atoms with Crippen LogP contribution in [0.15, 0.2) is 18.2 Å². The molecule has 0 spiro atoms. The van der Waals surface area contributed by atoms with E-state index < -0.39 is 5.92 Å². The zero-order valence-electron chi connectivity index (χ0n) is 8.79. The molecule has 15 heavy (non-hydrogen) atoms. The van der Waals surface area contributed by atoms with Gasteiger partial charge in [-0.05, 0) is 30.2 Å². The van der Waals surface area contributed by atoms with Crippen molar-refractivity contribution in [1.29, 1.82) is 0 Å². The van der Waals surface area contributed by atoms with Crippen molar-refractivity contribution >= 4 is 17.6 Å². The van der Waals surface area contributed by atoms with E-state index in [-0.39, 0.29) is 12.5 Å². The van der Waals surface area contributed by atoms with Crippen LogP contribution >= 0.6 is 11.6 Å². The molecule has 1 aromatic rings. The largest absolute Gasteiger partial charge is 0.469 e. The number of benzene rings is 1. The number of halogens is 1. The van der Waals surface area contributed by atoms with E-state index in [1.807, 2.05) is 19.1 Å². The molecule has 0 heterocycles. The minimum atomic E-state index is -0.410. The minimum absolute atomic E-state index is 0.231. The summed E-state index contributed by atoms with van der Waals surface area (Å²) < 4.78 is 4.69. The second-order valence-corrected chi connectivity index (χ2v) is 3.75. The third-order valence-corrected chi connectivity index (χ3v) is 2.56. The van der Waals surface area contributed by atoms with Crippen LogP contribution in [0, 0.1) is 6.92 Å². The van der Waals surface area contributed by atoms with E-state index in [1.54, 1.807) is 6.07 Å². The van der Waals surface area contributed by atoms with Crippen LogP contribution in [-0.2, 0) is 9.53 Å². The van der Waals surface area contributed by atoms with E-state index in [4.69, 9.17) is 22.1 Å². The molecule has 2 N–H and O–H groups in total. The van der Waals surface area contributed by atoms with E-state index in [0.717, 1.165) is 11.1 Å². The highest BCUT2D eigenvalue weighted by Crippen LogP contribution is 2.23. The summed E-state index contributed by atoms with van der Waals surface area (Å²) in [6.07, 6.45) is 0. The van der Waals surface area contributed by atoms with Crippen LogP contribution in [0.3, 0.4) is 0 Å². The first-order valence-corrected chi connectivity index (χ1v) is 5.02. The summed E-state index contributed by atoms with van der Waals surface area (Å²) in [4.78, 5) is 11.4. The lowest BCUT2D eigenvalue weighted by atomic mass is 9.95. The first-order chi connectivity index (χ1) is 7.10. The molecule has 0 aliphatic carbocycles. The number of methoxy groups -OCH3 is 1. The van der Waals surface area contributed by atoms with Crippen LogP contribution in [0.1, 0.15) is 17.0 Å². The summed E-state index contributed by atoms with van der Waals surface area (Å²) in [7, 11) is 1.36. The Bertz CT molecular complexity index is 366. The topological polar surface area (TPSA) is 52.3 Å². The summed E-state index contributed by atoms with van der Waals surface area (Å²) in [5, 5.41) is 0.650. The maximum atomic E-state index is 11.4. The zero-order chi connectivity index (χ0) is 11.4. The van der Waals surface area contributed by atoms with Crippen molar-refractivity contribution in [2.75, 3.05) is 13.7 Å². The number of aryl methyl sites for hydroxylation is 1. The minimum Gasteiger partial charge on any atom is -0.469 e. The van der Waals surface area contributed by atoms with E-state index in [9.17, 15) is 4.79 Å². The summed E-state index contributed by atoms with van der Waals surface area (Å²) in [5.74, 6) is -0.727. The van der Waals surface area contributed by atoms with Crippen molar-refractivity contribution in [3.05, 3.63) is 34.3 Å². The molecule has 0 bridgehead atoms. The molecule has 0 radical (unpaired) electrons. The summed E-state index contributed by atoms with van der Waals surface area (Å²) in [6.45, 7) is 2.13. The van der Waals surface area contributed by atoms with Crippen LogP contribution in [-0.4, -0.2) is 19.6 Å². The van der Waals surface area contributed by atoms with Gasteiger partial charge < -0.3 is 10.5 Å². The lowest BCUT2D eigenvalue weighted by molar-refractivity contribution is -0.142. The quantitative estimate of drug-likeness (QED) is 0.802. The Morgan fingerprint density at radius 3 is 2.73 bits per heavy atom. The number of rotatable bonds is 3. The Morgan fingerprint density at radius 2 is 2.27 bits per heavy atom. The van der Waals surface area contributed by atoms with Gasteiger partial charge in [0.05, 0.1) is 13.0 Å². The number of carbonyl (C=O) groups excluding carboxylic acids is 1. The predicted octanol–water partition coefficient (Wildman–Crippen LogP) is 1.86. The van der Waals surface area contributed by atoms with E-state index >= 15 is 0 Å². The molecule has 0 fully saturated rings. The standard InChI is InChI=1S/C11H14ClNO2/c1-7-5-8(12)3-4-9(7)10(6-13)11(14)15-2/h3-5,10H,6,13H2,1-2H3. The Hall–Kier alpha value is -1.06. The fourth-order valence-electron chi connectivity index (χ4n) is 1.52. The van der Waals surface area contributed by atoms with Crippen molar-refractivity contribution < 1.29 is 9.53 Å². The third-order valence-electron chi connectivity index (χ3n) is 2.33. The third kappa shape index (κ3) is 2.70. The average Bonchev–Trinajstić information content (AvgIpc) is 2.21. The summed E-state index contributed by atoms with van der Waals surface area (Å²) in [5.41, 5.74) is 7.37. The molecular formula is C11H14ClNO2. The second-order valence-electron chi connectivity index (χ2n) is 3.31. The summed E-state index contributed by atoms with van der Waals surface area (Å²) >= 11 is 5.83. The highest BCUT2D eigenvalue weighted by molar-refractivity contribution is 6.30. The fourth-order valence-corrected chi connectivity index (χ4v) is 1.75. The van der Waals surface area contributed by atoms with Crippen LogP contribution in [0.5, 0.6) is 0 Å². The van der Waals surface area contributed by atoms with Crippen LogP contribution in [0.25, 0.3) is 0 Å². The number of ether oxygens (including phenoxy) is 1. The molecule has 1 unspecified atom stereocenters. The molecule has 0 saturated heterocycles. The Balaban J connectivity index is 3.07. The van der Waals surface area contributed by atoms with Gasteiger partial charge in [0, 0.05) is 11.6 Å². The van der Waals surface area contributed by atoms with Crippen molar-refractivity contribution in [2.24, 2.45) is 5.73 Å². The van der Waals surface area contributed by atoms with Gasteiger partial charge in [-0.3, -0.25) is 4.79 Å². The molecule has 4 heteroatoms. The Labute approximate surface area is 94.2 Å². The van der Waals surface area contributed by atoms with Crippen molar-refractivity contribution in [2.45, 2.75) is 12.8 Å². The fraction of sp³-hybridized carbons (Fsp3) is 0.364. The smallest absolute Gasteiger partial charge is 0.314 e. The van der Waals surface area contributed by atoms with Gasteiger partial charge in [-0.2, -0.15) is 0 Å². The van der Waals surface area contributed by atoms with Gasteiger partial charge in [-0.25, -0.2) is 0 Å². The van der Waals surface area contributed by atoms with Crippen LogP contribution < -0.4 is 5.73 Å². The molecule has 1 atom stereocenters. The monoisotopic (exact) mass is 227 g/mol. The number of carbonyl (C=O) groups is 1. The van der Waals surface area contributed by atoms with Crippen LogP contribution in [0.4, 0.5) is 0 Å². The number of hydrogen-bond donors (Lipinski definition) is 1. The Morgan fingerprint density at radius 1 is 1.60 bits per heavy atom. The lowest BCUT2D eigenvalue weighted by Crippen LogP contribution is -2.23. The number of esters is 1. The molecule has 1 aromatic carbocycles.